The zero-order valence-corrected chi connectivity index (χ0v) is 14.0. The van der Waals surface area contributed by atoms with E-state index in [1.807, 2.05) is 46.0 Å². The van der Waals surface area contributed by atoms with Crippen molar-refractivity contribution in [3.63, 3.8) is 0 Å². The summed E-state index contributed by atoms with van der Waals surface area (Å²) in [6.07, 6.45) is 9.84. The Hall–Kier alpha value is -2.15. The largest absolute Gasteiger partial charge is 0.340 e. The van der Waals surface area contributed by atoms with Crippen molar-refractivity contribution in [2.75, 3.05) is 26.2 Å². The number of nitrogens with one attached hydrogen (secondary N) is 1. The van der Waals surface area contributed by atoms with E-state index in [4.69, 9.17) is 0 Å². The Morgan fingerprint density at radius 3 is 3.00 bits per heavy atom. The molecule has 0 bridgehead atoms. The number of aryl methyl sites for hydroxylation is 1. The van der Waals surface area contributed by atoms with Gasteiger partial charge in [-0.25, -0.2) is 0 Å². The molecule has 2 aliphatic rings. The molecule has 1 amide bonds. The number of likely N-dealkylation sites (tertiary alicyclic amines) is 1. The third-order valence-corrected chi connectivity index (χ3v) is 5.29. The van der Waals surface area contributed by atoms with Gasteiger partial charge in [-0.2, -0.15) is 10.2 Å². The molecule has 2 aliphatic heterocycles. The van der Waals surface area contributed by atoms with Gasteiger partial charge in [-0.05, 0) is 24.5 Å². The number of aromatic nitrogens is 4. The lowest BCUT2D eigenvalue weighted by molar-refractivity contribution is -0.137. The van der Waals surface area contributed by atoms with E-state index in [1.165, 1.54) is 0 Å². The second-order valence-corrected chi connectivity index (χ2v) is 6.88. The first-order valence-electron chi connectivity index (χ1n) is 8.69. The van der Waals surface area contributed by atoms with Gasteiger partial charge in [-0.15, -0.1) is 0 Å². The van der Waals surface area contributed by atoms with Gasteiger partial charge in [0.2, 0.25) is 5.91 Å². The van der Waals surface area contributed by atoms with E-state index in [0.29, 0.717) is 6.04 Å². The minimum absolute atomic E-state index is 0.00516. The van der Waals surface area contributed by atoms with Gasteiger partial charge in [0.1, 0.15) is 0 Å². The molecular formula is C17H24N6O. The third kappa shape index (κ3) is 2.84. The molecule has 2 saturated heterocycles. The summed E-state index contributed by atoms with van der Waals surface area (Å²) in [5.74, 6) is 0.493. The van der Waals surface area contributed by atoms with Gasteiger partial charge in [-0.1, -0.05) is 0 Å². The summed E-state index contributed by atoms with van der Waals surface area (Å²) >= 11 is 0. The number of piperidine rings is 1. The summed E-state index contributed by atoms with van der Waals surface area (Å²) in [5.41, 5.74) is 1.15. The molecule has 2 aromatic rings. The Labute approximate surface area is 141 Å². The lowest BCUT2D eigenvalue weighted by atomic mass is 9.89. The maximum Gasteiger partial charge on any atom is 0.227 e. The van der Waals surface area contributed by atoms with Crippen molar-refractivity contribution in [3.05, 3.63) is 36.4 Å². The fourth-order valence-electron chi connectivity index (χ4n) is 4.02. The van der Waals surface area contributed by atoms with Gasteiger partial charge in [-0.3, -0.25) is 14.2 Å². The number of amides is 1. The van der Waals surface area contributed by atoms with Crippen molar-refractivity contribution in [3.8, 4) is 0 Å². The molecule has 0 radical (unpaired) electrons. The molecule has 0 spiro atoms. The lowest BCUT2D eigenvalue weighted by Gasteiger charge is -2.35. The zero-order valence-electron chi connectivity index (χ0n) is 14.0. The summed E-state index contributed by atoms with van der Waals surface area (Å²) < 4.78 is 3.80. The highest BCUT2D eigenvalue weighted by Gasteiger charge is 2.38. The third-order valence-electron chi connectivity index (χ3n) is 5.29. The zero-order chi connectivity index (χ0) is 16.5. The highest BCUT2D eigenvalue weighted by Crippen LogP contribution is 2.31. The second kappa shape index (κ2) is 6.39. The van der Waals surface area contributed by atoms with Gasteiger partial charge in [0.25, 0.3) is 0 Å². The van der Waals surface area contributed by atoms with Crippen molar-refractivity contribution in [1.29, 1.82) is 0 Å². The summed E-state index contributed by atoms with van der Waals surface area (Å²) in [6.45, 7) is 3.21. The van der Waals surface area contributed by atoms with Crippen molar-refractivity contribution in [2.45, 2.75) is 24.8 Å². The van der Waals surface area contributed by atoms with Gasteiger partial charge in [0.05, 0.1) is 18.2 Å². The van der Waals surface area contributed by atoms with Crippen LogP contribution in [0.3, 0.4) is 0 Å². The van der Waals surface area contributed by atoms with E-state index in [-0.39, 0.29) is 17.7 Å². The van der Waals surface area contributed by atoms with Crippen molar-refractivity contribution in [2.24, 2.45) is 13.0 Å². The topological polar surface area (TPSA) is 68.0 Å². The number of carbonyl (C=O) groups excluding carboxylic acids is 1. The molecule has 128 valence electrons. The number of nitrogens with zero attached hydrogens (tertiary/aromatic N) is 5. The van der Waals surface area contributed by atoms with E-state index in [0.717, 1.165) is 44.6 Å². The van der Waals surface area contributed by atoms with E-state index < -0.39 is 0 Å². The number of hydrogen-bond donors (Lipinski definition) is 1. The molecular weight excluding hydrogens is 304 g/mol. The average molecular weight is 328 g/mol. The molecule has 4 heterocycles. The molecule has 1 unspecified atom stereocenters. The highest BCUT2D eigenvalue weighted by atomic mass is 16.2. The maximum atomic E-state index is 13.1. The predicted octanol–water partition coefficient (Wildman–Crippen LogP) is 0.783. The number of hydrogen-bond acceptors (Lipinski definition) is 4. The first-order chi connectivity index (χ1) is 11.7. The van der Waals surface area contributed by atoms with E-state index in [9.17, 15) is 4.79 Å². The molecule has 0 aromatic carbocycles. The van der Waals surface area contributed by atoms with Crippen LogP contribution in [0.5, 0.6) is 0 Å². The van der Waals surface area contributed by atoms with Gasteiger partial charge >= 0.3 is 0 Å². The van der Waals surface area contributed by atoms with Crippen molar-refractivity contribution < 1.29 is 4.79 Å². The number of rotatable bonds is 3. The van der Waals surface area contributed by atoms with Crippen LogP contribution in [0.15, 0.2) is 30.9 Å². The predicted molar refractivity (Wildman–Crippen MR) is 89.4 cm³/mol. The molecule has 0 aliphatic carbocycles. The minimum atomic E-state index is 0.00516. The Bertz CT molecular complexity index is 694. The van der Waals surface area contributed by atoms with Crippen LogP contribution in [0.4, 0.5) is 0 Å². The molecule has 3 atom stereocenters. The summed E-state index contributed by atoms with van der Waals surface area (Å²) in [4.78, 5) is 15.2. The van der Waals surface area contributed by atoms with E-state index in [1.54, 1.807) is 6.20 Å². The Balaban J connectivity index is 1.48. The molecule has 1 N–H and O–H groups in total. The average Bonchev–Trinajstić information content (AvgIpc) is 3.35. The Kier molecular flexibility index (Phi) is 4.10. The monoisotopic (exact) mass is 328 g/mol. The highest BCUT2D eigenvalue weighted by molar-refractivity contribution is 5.80. The van der Waals surface area contributed by atoms with E-state index >= 15 is 0 Å². The SMILES string of the molecule is Cn1cc([C@H]2CNC[C@@H]2C(=O)N2CCCC(n3cccn3)C2)cn1. The fraction of sp³-hybridized carbons (Fsp3) is 0.588. The summed E-state index contributed by atoms with van der Waals surface area (Å²) in [6, 6.07) is 2.24. The van der Waals surface area contributed by atoms with Crippen LogP contribution in [0.1, 0.15) is 30.4 Å². The quantitative estimate of drug-likeness (QED) is 0.904. The van der Waals surface area contributed by atoms with E-state index in [2.05, 4.69) is 15.5 Å². The van der Waals surface area contributed by atoms with Gasteiger partial charge in [0, 0.05) is 57.7 Å². The van der Waals surface area contributed by atoms with Crippen LogP contribution >= 0.6 is 0 Å². The van der Waals surface area contributed by atoms with Crippen LogP contribution in [0.25, 0.3) is 0 Å². The summed E-state index contributed by atoms with van der Waals surface area (Å²) in [7, 11) is 1.92. The molecule has 7 heteroatoms. The first-order valence-corrected chi connectivity index (χ1v) is 8.69. The van der Waals surface area contributed by atoms with Crippen LogP contribution in [-0.2, 0) is 11.8 Å². The molecule has 24 heavy (non-hydrogen) atoms. The van der Waals surface area contributed by atoms with Crippen LogP contribution < -0.4 is 5.32 Å². The smallest absolute Gasteiger partial charge is 0.227 e. The van der Waals surface area contributed by atoms with Crippen LogP contribution in [-0.4, -0.2) is 56.5 Å². The lowest BCUT2D eigenvalue weighted by Crippen LogP contribution is -2.45. The van der Waals surface area contributed by atoms with Crippen LogP contribution in [0, 0.1) is 5.92 Å². The fourth-order valence-corrected chi connectivity index (χ4v) is 4.02. The summed E-state index contributed by atoms with van der Waals surface area (Å²) in [5, 5.41) is 12.0. The molecule has 2 fully saturated rings. The molecule has 2 aromatic heterocycles. The molecule has 0 saturated carbocycles. The van der Waals surface area contributed by atoms with Crippen LogP contribution in [0.2, 0.25) is 0 Å². The first kappa shape index (κ1) is 15.4. The maximum absolute atomic E-state index is 13.1. The standard InChI is InChI=1S/C17H24N6O/c1-21-11-13(8-20-21)15-9-18-10-16(15)17(24)22-6-2-4-14(12-22)23-7-3-5-19-23/h3,5,7-8,11,14-16,18H,2,4,6,9-10,12H2,1H3/t14?,15-,16+/m1/s1. The van der Waals surface area contributed by atoms with Gasteiger partial charge in [0.15, 0.2) is 0 Å². The normalized spacial score (nSPS) is 27.5. The van der Waals surface area contributed by atoms with Crippen molar-refractivity contribution in [1.82, 2.24) is 29.8 Å². The Morgan fingerprint density at radius 1 is 1.33 bits per heavy atom. The minimum Gasteiger partial charge on any atom is -0.340 e. The molecule has 4 rings (SSSR count). The number of carbonyl (C=O) groups is 1. The second-order valence-electron chi connectivity index (χ2n) is 6.88. The molecule has 7 nitrogen and oxygen atoms in total. The van der Waals surface area contributed by atoms with Gasteiger partial charge < -0.3 is 10.2 Å². The van der Waals surface area contributed by atoms with Crippen molar-refractivity contribution >= 4 is 5.91 Å². The Morgan fingerprint density at radius 2 is 2.25 bits per heavy atom.